The number of hydrogen-bond donors (Lipinski definition) is 1. The number of nitrogens with zero attached hydrogens (tertiary/aromatic N) is 1. The summed E-state index contributed by atoms with van der Waals surface area (Å²) >= 11 is 0. The van der Waals surface area contributed by atoms with Gasteiger partial charge >= 0.3 is 0 Å². The molecular formula is C18H20N2O3S. The molecule has 1 unspecified atom stereocenters. The van der Waals surface area contributed by atoms with Crippen LogP contribution in [0.2, 0.25) is 0 Å². The molecule has 24 heavy (non-hydrogen) atoms. The van der Waals surface area contributed by atoms with Gasteiger partial charge < -0.3 is 5.73 Å². The van der Waals surface area contributed by atoms with E-state index in [4.69, 9.17) is 5.73 Å². The summed E-state index contributed by atoms with van der Waals surface area (Å²) in [4.78, 5) is 11.3. The Morgan fingerprint density at radius 2 is 1.75 bits per heavy atom. The van der Waals surface area contributed by atoms with E-state index in [-0.39, 0.29) is 10.9 Å². The molecule has 2 aromatic carbocycles. The Hall–Kier alpha value is -2.18. The van der Waals surface area contributed by atoms with Gasteiger partial charge in [-0.05, 0) is 49.1 Å². The predicted molar refractivity (Wildman–Crippen MR) is 92.0 cm³/mol. The Bertz CT molecular complexity index is 817. The van der Waals surface area contributed by atoms with Crippen molar-refractivity contribution in [2.45, 2.75) is 30.2 Å². The summed E-state index contributed by atoms with van der Waals surface area (Å²) in [5, 5.41) is 0. The van der Waals surface area contributed by atoms with E-state index < -0.39 is 15.9 Å². The monoisotopic (exact) mass is 344 g/mol. The van der Waals surface area contributed by atoms with Crippen molar-refractivity contribution >= 4 is 15.9 Å². The fourth-order valence-corrected chi connectivity index (χ4v) is 4.84. The second-order valence-corrected chi connectivity index (χ2v) is 7.88. The van der Waals surface area contributed by atoms with Crippen molar-refractivity contribution in [3.05, 3.63) is 65.7 Å². The van der Waals surface area contributed by atoms with Gasteiger partial charge in [0, 0.05) is 18.2 Å². The van der Waals surface area contributed by atoms with Gasteiger partial charge in [-0.25, -0.2) is 8.42 Å². The highest BCUT2D eigenvalue weighted by atomic mass is 32.2. The second-order valence-electron chi connectivity index (χ2n) is 5.99. The Balaban J connectivity index is 1.83. The highest BCUT2D eigenvalue weighted by molar-refractivity contribution is 7.89. The van der Waals surface area contributed by atoms with Crippen molar-refractivity contribution in [2.75, 3.05) is 6.54 Å². The predicted octanol–water partition coefficient (Wildman–Crippen LogP) is 2.18. The Morgan fingerprint density at radius 1 is 1.08 bits per heavy atom. The summed E-state index contributed by atoms with van der Waals surface area (Å²) in [5.74, 6) is -0.568. The molecular weight excluding hydrogens is 324 g/mol. The lowest BCUT2D eigenvalue weighted by atomic mass is 10.1. The molecule has 1 atom stereocenters. The average molecular weight is 344 g/mol. The van der Waals surface area contributed by atoms with Gasteiger partial charge in [-0.2, -0.15) is 4.31 Å². The van der Waals surface area contributed by atoms with Gasteiger partial charge in [0.05, 0.1) is 4.90 Å². The van der Waals surface area contributed by atoms with Crippen LogP contribution >= 0.6 is 0 Å². The van der Waals surface area contributed by atoms with Crippen LogP contribution < -0.4 is 5.73 Å². The summed E-state index contributed by atoms with van der Waals surface area (Å²) in [6.45, 7) is 0.525. The molecule has 1 saturated heterocycles. The molecule has 0 radical (unpaired) electrons. The van der Waals surface area contributed by atoms with Crippen LogP contribution in [0.25, 0.3) is 0 Å². The molecule has 1 amide bonds. The van der Waals surface area contributed by atoms with Gasteiger partial charge in [-0.3, -0.25) is 4.79 Å². The minimum absolute atomic E-state index is 0.0341. The SMILES string of the molecule is NC(=O)c1ccc(S(=O)(=O)N2CCCC2Cc2ccccc2)cc1. The zero-order valence-electron chi connectivity index (χ0n) is 13.3. The third-order valence-corrected chi connectivity index (χ3v) is 6.35. The lowest BCUT2D eigenvalue weighted by Gasteiger charge is -2.24. The molecule has 5 nitrogen and oxygen atoms in total. The lowest BCUT2D eigenvalue weighted by Crippen LogP contribution is -2.36. The Labute approximate surface area is 142 Å². The molecule has 6 heteroatoms. The van der Waals surface area contributed by atoms with E-state index in [9.17, 15) is 13.2 Å². The van der Waals surface area contributed by atoms with E-state index >= 15 is 0 Å². The van der Waals surface area contributed by atoms with Crippen molar-refractivity contribution in [1.82, 2.24) is 4.31 Å². The first-order chi connectivity index (χ1) is 11.5. The number of carbonyl (C=O) groups is 1. The van der Waals surface area contributed by atoms with Crippen LogP contribution in [0.1, 0.15) is 28.8 Å². The first-order valence-electron chi connectivity index (χ1n) is 7.94. The van der Waals surface area contributed by atoms with E-state index in [1.807, 2.05) is 30.3 Å². The maximum atomic E-state index is 12.9. The quantitative estimate of drug-likeness (QED) is 0.903. The molecule has 0 aromatic heterocycles. The van der Waals surface area contributed by atoms with E-state index in [0.29, 0.717) is 18.5 Å². The molecule has 0 spiro atoms. The third-order valence-electron chi connectivity index (χ3n) is 4.38. The van der Waals surface area contributed by atoms with Gasteiger partial charge in [0.15, 0.2) is 0 Å². The second kappa shape index (κ2) is 6.75. The van der Waals surface area contributed by atoms with E-state index in [2.05, 4.69) is 0 Å². The fourth-order valence-electron chi connectivity index (χ4n) is 3.14. The van der Waals surface area contributed by atoms with Gasteiger partial charge in [-0.1, -0.05) is 30.3 Å². The van der Waals surface area contributed by atoms with Crippen molar-refractivity contribution in [3.63, 3.8) is 0 Å². The van der Waals surface area contributed by atoms with Crippen LogP contribution in [-0.4, -0.2) is 31.2 Å². The molecule has 1 aliphatic heterocycles. The van der Waals surface area contributed by atoms with Crippen LogP contribution in [0, 0.1) is 0 Å². The largest absolute Gasteiger partial charge is 0.366 e. The number of nitrogens with two attached hydrogens (primary N) is 1. The Kier molecular flexibility index (Phi) is 4.69. The highest BCUT2D eigenvalue weighted by Gasteiger charge is 2.35. The summed E-state index contributed by atoms with van der Waals surface area (Å²) in [6, 6.07) is 15.7. The summed E-state index contributed by atoms with van der Waals surface area (Å²) < 4.78 is 27.4. The molecule has 1 heterocycles. The number of amides is 1. The number of rotatable bonds is 5. The normalized spacial score (nSPS) is 18.6. The van der Waals surface area contributed by atoms with Crippen molar-refractivity contribution in [1.29, 1.82) is 0 Å². The summed E-state index contributed by atoms with van der Waals surface area (Å²) in [5.41, 5.74) is 6.64. The molecule has 126 valence electrons. The zero-order chi connectivity index (χ0) is 17.2. The average Bonchev–Trinajstić information content (AvgIpc) is 3.05. The van der Waals surface area contributed by atoms with E-state index in [0.717, 1.165) is 18.4 Å². The molecule has 2 aromatic rings. The lowest BCUT2D eigenvalue weighted by molar-refractivity contribution is 0.1000. The van der Waals surface area contributed by atoms with Crippen molar-refractivity contribution in [3.8, 4) is 0 Å². The smallest absolute Gasteiger partial charge is 0.248 e. The maximum absolute atomic E-state index is 12.9. The standard InChI is InChI=1S/C18H20N2O3S/c19-18(21)15-8-10-17(11-9-15)24(22,23)20-12-4-7-16(20)13-14-5-2-1-3-6-14/h1-3,5-6,8-11,16H,4,7,12-13H2,(H2,19,21). The van der Waals surface area contributed by atoms with E-state index in [1.54, 1.807) is 4.31 Å². The zero-order valence-corrected chi connectivity index (χ0v) is 14.1. The van der Waals surface area contributed by atoms with E-state index in [1.165, 1.54) is 24.3 Å². The van der Waals surface area contributed by atoms with Crippen LogP contribution in [0.15, 0.2) is 59.5 Å². The first-order valence-corrected chi connectivity index (χ1v) is 9.38. The number of carbonyl (C=O) groups excluding carboxylic acids is 1. The molecule has 2 N–H and O–H groups in total. The van der Waals surface area contributed by atoms with Crippen LogP contribution in [0.4, 0.5) is 0 Å². The minimum atomic E-state index is -3.57. The molecule has 0 aliphatic carbocycles. The molecule has 1 fully saturated rings. The summed E-state index contributed by atoms with van der Waals surface area (Å²) in [7, 11) is -3.57. The minimum Gasteiger partial charge on any atom is -0.366 e. The van der Waals surface area contributed by atoms with Gasteiger partial charge in [0.25, 0.3) is 0 Å². The Morgan fingerprint density at radius 3 is 2.38 bits per heavy atom. The maximum Gasteiger partial charge on any atom is 0.248 e. The molecule has 3 rings (SSSR count). The van der Waals surface area contributed by atoms with Crippen molar-refractivity contribution in [2.24, 2.45) is 5.73 Å². The molecule has 1 aliphatic rings. The number of hydrogen-bond acceptors (Lipinski definition) is 3. The highest BCUT2D eigenvalue weighted by Crippen LogP contribution is 2.28. The van der Waals surface area contributed by atoms with Crippen LogP contribution in [0.5, 0.6) is 0 Å². The third kappa shape index (κ3) is 3.34. The summed E-state index contributed by atoms with van der Waals surface area (Å²) in [6.07, 6.45) is 2.42. The van der Waals surface area contributed by atoms with Gasteiger partial charge in [0.1, 0.15) is 0 Å². The number of primary amides is 1. The number of sulfonamides is 1. The van der Waals surface area contributed by atoms with Crippen LogP contribution in [0.3, 0.4) is 0 Å². The fraction of sp³-hybridized carbons (Fsp3) is 0.278. The molecule has 0 saturated carbocycles. The number of benzene rings is 2. The van der Waals surface area contributed by atoms with Gasteiger partial charge in [-0.15, -0.1) is 0 Å². The van der Waals surface area contributed by atoms with Gasteiger partial charge in [0.2, 0.25) is 15.9 Å². The topological polar surface area (TPSA) is 80.5 Å². The molecule has 0 bridgehead atoms. The first kappa shape index (κ1) is 16.7. The van der Waals surface area contributed by atoms with Crippen LogP contribution in [-0.2, 0) is 16.4 Å². The van der Waals surface area contributed by atoms with Crippen molar-refractivity contribution < 1.29 is 13.2 Å².